The molecule has 0 saturated carbocycles. The van der Waals surface area contributed by atoms with E-state index in [1.165, 1.54) is 0 Å². The van der Waals surface area contributed by atoms with E-state index in [1.54, 1.807) is 4.57 Å². The fraction of sp³-hybridized carbons (Fsp3) is 0. The molecule has 266 valence electrons. The Labute approximate surface area is 347 Å². The van der Waals surface area contributed by atoms with Gasteiger partial charge in [-0.25, -0.2) is 0 Å². The second-order valence-corrected chi connectivity index (χ2v) is 13.9. The monoisotopic (exact) mass is 738 g/mol. The Hall–Kier alpha value is -7.62. The maximum atomic E-state index is 9.74. The molecule has 0 saturated heterocycles. The molecule has 0 spiro atoms. The predicted molar refractivity (Wildman–Crippen MR) is 240 cm³/mol. The third-order valence-corrected chi connectivity index (χ3v) is 10.9. The highest BCUT2D eigenvalue weighted by Crippen LogP contribution is 2.41. The fourth-order valence-electron chi connectivity index (χ4n) is 8.50. The smallest absolute Gasteiger partial charge is 0.0651 e. The van der Waals surface area contributed by atoms with Crippen LogP contribution in [0, 0.1) is 0 Å². The van der Waals surface area contributed by atoms with Crippen LogP contribution in [0.25, 0.3) is 105 Å². The summed E-state index contributed by atoms with van der Waals surface area (Å²) in [7, 11) is 0. The number of nitrogens with zero attached hydrogens (tertiary/aromatic N) is 3. The zero-order valence-corrected chi connectivity index (χ0v) is 30.0. The van der Waals surface area contributed by atoms with Gasteiger partial charge in [0.1, 0.15) is 0 Å². The van der Waals surface area contributed by atoms with Gasteiger partial charge in [0.05, 0.1) is 56.6 Å². The summed E-state index contributed by atoms with van der Waals surface area (Å²) in [4.78, 5) is 0. The van der Waals surface area contributed by atoms with Gasteiger partial charge in [0, 0.05) is 43.7 Å². The lowest BCUT2D eigenvalue weighted by Gasteiger charge is -2.13. The summed E-state index contributed by atoms with van der Waals surface area (Å²) >= 11 is 0. The van der Waals surface area contributed by atoms with E-state index in [0.29, 0.717) is 11.0 Å². The normalized spacial score (nSPS) is 15.1. The van der Waals surface area contributed by atoms with Crippen LogP contribution in [0.1, 0.15) is 17.8 Å². The molecular weight excluding hydrogens is 691 g/mol. The molecule has 0 aliphatic rings. The van der Waals surface area contributed by atoms with Gasteiger partial charge in [0.2, 0.25) is 0 Å². The van der Waals surface area contributed by atoms with Gasteiger partial charge >= 0.3 is 0 Å². The first-order valence-electron chi connectivity index (χ1n) is 25.1. The van der Waals surface area contributed by atoms with Crippen molar-refractivity contribution in [1.29, 1.82) is 0 Å². The Morgan fingerprint density at radius 1 is 0.316 bits per heavy atom. The van der Waals surface area contributed by atoms with Crippen LogP contribution in [0.5, 0.6) is 0 Å². The first-order valence-corrected chi connectivity index (χ1v) is 18.6. The summed E-state index contributed by atoms with van der Waals surface area (Å²) in [6.45, 7) is 0. The maximum absolute atomic E-state index is 9.74. The minimum absolute atomic E-state index is 0.116. The van der Waals surface area contributed by atoms with Crippen molar-refractivity contribution in [3.05, 3.63) is 212 Å². The molecule has 3 heteroatoms. The third-order valence-electron chi connectivity index (χ3n) is 10.9. The molecule has 0 amide bonds. The van der Waals surface area contributed by atoms with Gasteiger partial charge in [-0.2, -0.15) is 0 Å². The van der Waals surface area contributed by atoms with Crippen molar-refractivity contribution < 1.29 is 17.8 Å². The lowest BCUT2D eigenvalue weighted by Crippen LogP contribution is -1.97. The number of rotatable bonds is 5. The highest BCUT2D eigenvalue weighted by Gasteiger charge is 2.20. The summed E-state index contributed by atoms with van der Waals surface area (Å²) in [5, 5.41) is 5.94. The topological polar surface area (TPSA) is 14.8 Å². The van der Waals surface area contributed by atoms with Crippen LogP contribution < -0.4 is 0 Å². The molecule has 57 heavy (non-hydrogen) atoms. The molecule has 3 heterocycles. The van der Waals surface area contributed by atoms with E-state index >= 15 is 0 Å². The highest BCUT2D eigenvalue weighted by molar-refractivity contribution is 6.17. The van der Waals surface area contributed by atoms with E-state index in [2.05, 4.69) is 94.1 Å². The Bertz CT molecular complexity index is 4190. The molecule has 0 bridgehead atoms. The largest absolute Gasteiger partial charge is 0.309 e. The van der Waals surface area contributed by atoms with Crippen LogP contribution in [0.4, 0.5) is 0 Å². The quantitative estimate of drug-likeness (QED) is 0.167. The van der Waals surface area contributed by atoms with Crippen molar-refractivity contribution in [3.63, 3.8) is 0 Å². The molecule has 0 aliphatic heterocycles. The molecule has 3 nitrogen and oxygen atoms in total. The molecule has 12 rings (SSSR count). The van der Waals surface area contributed by atoms with E-state index in [-0.39, 0.29) is 5.69 Å². The Morgan fingerprint density at radius 2 is 0.807 bits per heavy atom. The minimum atomic E-state index is -0.756. The van der Waals surface area contributed by atoms with Gasteiger partial charge in [-0.15, -0.1) is 0 Å². The number of fused-ring (bicyclic) bond motifs is 9. The summed E-state index contributed by atoms with van der Waals surface area (Å²) < 4.78 is 121. The zero-order chi connectivity index (χ0) is 48.8. The first-order chi connectivity index (χ1) is 33.7. The molecule has 9 aromatic carbocycles. The van der Waals surface area contributed by atoms with Crippen molar-refractivity contribution in [2.45, 2.75) is 0 Å². The van der Waals surface area contributed by atoms with Crippen molar-refractivity contribution in [2.75, 3.05) is 0 Å². The van der Waals surface area contributed by atoms with Crippen molar-refractivity contribution in [3.8, 4) is 39.3 Å². The molecule has 0 N–H and O–H groups in total. The van der Waals surface area contributed by atoms with E-state index in [0.717, 1.165) is 65.8 Å². The molecule has 0 radical (unpaired) electrons. The number of para-hydroxylation sites is 4. The van der Waals surface area contributed by atoms with E-state index in [9.17, 15) is 5.48 Å². The van der Waals surface area contributed by atoms with Gasteiger partial charge in [-0.3, -0.25) is 0 Å². The van der Waals surface area contributed by atoms with Gasteiger partial charge in [0.15, 0.2) is 0 Å². The number of benzene rings is 9. The maximum Gasteiger partial charge on any atom is 0.0651 e. The molecule has 12 aromatic rings. The Morgan fingerprint density at radius 3 is 1.49 bits per heavy atom. The summed E-state index contributed by atoms with van der Waals surface area (Å²) in [5.74, 6) is 0. The second-order valence-electron chi connectivity index (χ2n) is 13.9. The molecule has 0 atom stereocenters. The minimum Gasteiger partial charge on any atom is -0.309 e. The Balaban J connectivity index is 1.09. The average molecular weight is 739 g/mol. The van der Waals surface area contributed by atoms with E-state index < -0.39 is 101 Å². The molecule has 0 unspecified atom stereocenters. The fourth-order valence-corrected chi connectivity index (χ4v) is 8.50. The van der Waals surface area contributed by atoms with E-state index in [4.69, 9.17) is 12.3 Å². The highest BCUT2D eigenvalue weighted by atomic mass is 15.0. The summed E-state index contributed by atoms with van der Waals surface area (Å²) in [6, 6.07) is 36.0. The summed E-state index contributed by atoms with van der Waals surface area (Å²) in [6.07, 6.45) is 0. The van der Waals surface area contributed by atoms with Gasteiger partial charge in [-0.1, -0.05) is 145 Å². The van der Waals surface area contributed by atoms with E-state index in [1.807, 2.05) is 48.5 Å². The zero-order valence-electron chi connectivity index (χ0n) is 43.0. The van der Waals surface area contributed by atoms with Crippen molar-refractivity contribution in [2.24, 2.45) is 0 Å². The van der Waals surface area contributed by atoms with Crippen molar-refractivity contribution in [1.82, 2.24) is 13.7 Å². The Kier molecular flexibility index (Phi) is 4.69. The lowest BCUT2D eigenvalue weighted by molar-refractivity contribution is 1.16. The van der Waals surface area contributed by atoms with Crippen LogP contribution in [0.15, 0.2) is 212 Å². The molecule has 0 fully saturated rings. The molecular formula is C54H35N3. The van der Waals surface area contributed by atoms with Gasteiger partial charge in [0.25, 0.3) is 0 Å². The first kappa shape index (κ1) is 21.5. The standard InChI is InChI=1S/C54H35N3/c1-2-14-36(15-3-1)37-28-30-38(31-29-37)39-16-12-17-40(34-39)55-47-22-8-6-20-44(47)46-35-41(32-33-51(46)55)56-50-25-11-7-21-45(50)54-52(56)26-13-27-53(54)57-48-23-9-4-18-42(48)43-19-5-10-24-49(43)57/h1-35H/i1D,2D,3D,12D,14D,15D,16D,17D,28D,29D,30D,31D,34D. The van der Waals surface area contributed by atoms with Crippen LogP contribution in [-0.2, 0) is 0 Å². The third kappa shape index (κ3) is 4.79. The second kappa shape index (κ2) is 12.5. The average Bonchev–Trinajstić information content (AvgIpc) is 4.01. The molecule has 0 aliphatic carbocycles. The number of hydrogen-bond donors (Lipinski definition) is 0. The van der Waals surface area contributed by atoms with Crippen LogP contribution in [0.3, 0.4) is 0 Å². The lowest BCUT2D eigenvalue weighted by atomic mass is 10.00. The molecule has 3 aromatic heterocycles. The van der Waals surface area contributed by atoms with Crippen LogP contribution in [0.2, 0.25) is 0 Å². The summed E-state index contributed by atoms with van der Waals surface area (Å²) in [5.41, 5.74) is 5.03. The number of aromatic nitrogens is 3. The van der Waals surface area contributed by atoms with Gasteiger partial charge in [-0.05, 0) is 88.9 Å². The van der Waals surface area contributed by atoms with Crippen molar-refractivity contribution >= 4 is 65.4 Å². The SMILES string of the molecule is [2H]c1c([2H])c([2H])c(-c2c([2H])c([2H])c(-c3c([2H])c([2H])c([2H])c(-n4c5ccccc5c5cc(-n6c7ccccc7c7c(-n8c9ccccc9c9ccccc98)cccc76)ccc54)c3[2H])c([2H])c2[2H])c([2H])c1[2H]. The van der Waals surface area contributed by atoms with Crippen LogP contribution in [-0.4, -0.2) is 13.7 Å². The van der Waals surface area contributed by atoms with Gasteiger partial charge < -0.3 is 13.7 Å². The predicted octanol–water partition coefficient (Wildman–Crippen LogP) is 14.3. The van der Waals surface area contributed by atoms with Crippen LogP contribution >= 0.6 is 0 Å². The number of hydrogen-bond acceptors (Lipinski definition) is 0.